The van der Waals surface area contributed by atoms with Gasteiger partial charge < -0.3 is 9.32 Å². The lowest BCUT2D eigenvalue weighted by Gasteiger charge is -2.31. The molecule has 11 aromatic carbocycles. The van der Waals surface area contributed by atoms with Gasteiger partial charge in [-0.3, -0.25) is 0 Å². The van der Waals surface area contributed by atoms with Crippen molar-refractivity contribution in [3.05, 3.63) is 248 Å². The number of benzene rings is 11. The van der Waals surface area contributed by atoms with Crippen LogP contribution in [0.15, 0.2) is 241 Å². The third-order valence-corrected chi connectivity index (χ3v) is 14.3. The molecular formula is C65H45NO. The molecule has 0 amide bonds. The Labute approximate surface area is 390 Å². The minimum Gasteiger partial charge on any atom is -0.455 e. The number of para-hydroxylation sites is 2. The van der Waals surface area contributed by atoms with Crippen molar-refractivity contribution in [3.63, 3.8) is 0 Å². The fourth-order valence-corrected chi connectivity index (χ4v) is 11.0. The van der Waals surface area contributed by atoms with Crippen LogP contribution in [0.5, 0.6) is 0 Å². The molecule has 0 saturated heterocycles. The van der Waals surface area contributed by atoms with Crippen LogP contribution in [0.3, 0.4) is 0 Å². The molecule has 1 aliphatic carbocycles. The number of rotatable bonds is 7. The lowest BCUT2D eigenvalue weighted by molar-refractivity contribution is 0.660. The van der Waals surface area contributed by atoms with Crippen LogP contribution in [0.1, 0.15) is 25.0 Å². The standard InChI is InChI=1S/C65H45NO/c1-65(2)59-40-46(43-18-7-4-8-19-43)32-34-52(59)53-35-33-47(41-60(53)65)66(61-38-36-48(49-20-9-11-22-54(49)61)45-30-28-44(29-31-45)42-16-5-3-6-17-42)62-39-37-51(50-21-10-12-23-55(50)62)57-25-15-26-58-56-24-13-14-27-63(56)67-64(57)58/h3-41H,1-2H3. The first-order valence-corrected chi connectivity index (χ1v) is 23.2. The molecule has 0 bridgehead atoms. The Morgan fingerprint density at radius 3 is 1.48 bits per heavy atom. The number of fused-ring (bicyclic) bond motifs is 8. The minimum absolute atomic E-state index is 0.230. The summed E-state index contributed by atoms with van der Waals surface area (Å²) in [5, 5.41) is 6.97. The lowest BCUT2D eigenvalue weighted by atomic mass is 9.81. The fourth-order valence-electron chi connectivity index (χ4n) is 11.0. The van der Waals surface area contributed by atoms with Gasteiger partial charge in [-0.25, -0.2) is 0 Å². The van der Waals surface area contributed by atoms with Crippen molar-refractivity contribution in [2.45, 2.75) is 19.3 Å². The van der Waals surface area contributed by atoms with E-state index in [4.69, 9.17) is 4.42 Å². The van der Waals surface area contributed by atoms with Crippen molar-refractivity contribution >= 4 is 60.5 Å². The van der Waals surface area contributed by atoms with Gasteiger partial charge in [-0.15, -0.1) is 0 Å². The summed E-state index contributed by atoms with van der Waals surface area (Å²) in [7, 11) is 0. The van der Waals surface area contributed by atoms with Crippen molar-refractivity contribution in [2.75, 3.05) is 4.90 Å². The van der Waals surface area contributed by atoms with Crippen molar-refractivity contribution in [3.8, 4) is 55.6 Å². The first-order chi connectivity index (χ1) is 33.0. The molecule has 1 heterocycles. The van der Waals surface area contributed by atoms with Crippen molar-refractivity contribution in [2.24, 2.45) is 0 Å². The van der Waals surface area contributed by atoms with E-state index >= 15 is 0 Å². The second-order valence-corrected chi connectivity index (χ2v) is 18.4. The van der Waals surface area contributed by atoms with Gasteiger partial charge in [0.25, 0.3) is 0 Å². The second kappa shape index (κ2) is 15.3. The Morgan fingerprint density at radius 2 is 0.791 bits per heavy atom. The molecule has 12 aromatic rings. The molecule has 316 valence electrons. The van der Waals surface area contributed by atoms with Gasteiger partial charge in [0.15, 0.2) is 0 Å². The van der Waals surface area contributed by atoms with E-state index in [1.165, 1.54) is 71.8 Å². The molecular weight excluding hydrogens is 811 g/mol. The van der Waals surface area contributed by atoms with E-state index in [2.05, 4.69) is 249 Å². The number of hydrogen-bond acceptors (Lipinski definition) is 2. The predicted octanol–water partition coefficient (Wildman–Crippen LogP) is 18.3. The van der Waals surface area contributed by atoms with Crippen LogP contribution in [0.4, 0.5) is 17.1 Å². The predicted molar refractivity (Wildman–Crippen MR) is 283 cm³/mol. The van der Waals surface area contributed by atoms with Crippen LogP contribution >= 0.6 is 0 Å². The SMILES string of the molecule is CC1(C)c2cc(-c3ccccc3)ccc2-c2ccc(N(c3ccc(-c4ccc(-c5ccccc5)cc4)c4ccccc34)c3ccc(-c4cccc5c4oc4ccccc45)c4ccccc34)cc21. The summed E-state index contributed by atoms with van der Waals surface area (Å²) >= 11 is 0. The summed E-state index contributed by atoms with van der Waals surface area (Å²) in [5.74, 6) is 0. The number of furan rings is 1. The Bertz CT molecular complexity index is 3880. The van der Waals surface area contributed by atoms with Crippen LogP contribution in [0.25, 0.3) is 99.1 Å². The van der Waals surface area contributed by atoms with Gasteiger partial charge in [0, 0.05) is 38.2 Å². The molecule has 1 aliphatic rings. The van der Waals surface area contributed by atoms with Crippen LogP contribution in [-0.2, 0) is 5.41 Å². The maximum absolute atomic E-state index is 6.64. The van der Waals surface area contributed by atoms with Crippen LogP contribution in [0.2, 0.25) is 0 Å². The molecule has 0 aliphatic heterocycles. The molecule has 0 spiro atoms. The zero-order chi connectivity index (χ0) is 44.6. The zero-order valence-corrected chi connectivity index (χ0v) is 37.4. The third-order valence-electron chi connectivity index (χ3n) is 14.3. The quantitative estimate of drug-likeness (QED) is 0.159. The summed E-state index contributed by atoms with van der Waals surface area (Å²) in [6, 6.07) is 86.5. The smallest absolute Gasteiger partial charge is 0.143 e. The van der Waals surface area contributed by atoms with Crippen molar-refractivity contribution in [1.29, 1.82) is 0 Å². The van der Waals surface area contributed by atoms with Gasteiger partial charge in [-0.2, -0.15) is 0 Å². The van der Waals surface area contributed by atoms with E-state index in [0.717, 1.165) is 55.5 Å². The molecule has 0 saturated carbocycles. The molecule has 0 N–H and O–H groups in total. The highest BCUT2D eigenvalue weighted by Gasteiger charge is 2.36. The highest BCUT2D eigenvalue weighted by atomic mass is 16.3. The summed E-state index contributed by atoms with van der Waals surface area (Å²) in [6.07, 6.45) is 0. The van der Waals surface area contributed by atoms with E-state index < -0.39 is 0 Å². The first kappa shape index (κ1) is 39.0. The highest BCUT2D eigenvalue weighted by Crippen LogP contribution is 2.53. The molecule has 0 atom stereocenters. The normalized spacial score (nSPS) is 12.7. The van der Waals surface area contributed by atoms with Crippen LogP contribution in [0, 0.1) is 0 Å². The summed E-state index contributed by atoms with van der Waals surface area (Å²) in [6.45, 7) is 4.77. The summed E-state index contributed by atoms with van der Waals surface area (Å²) in [5.41, 5.74) is 19.7. The minimum atomic E-state index is -0.230. The Balaban J connectivity index is 1.01. The fraction of sp³-hybridized carbons (Fsp3) is 0.0462. The Hall–Kier alpha value is -8.46. The number of nitrogens with zero attached hydrogens (tertiary/aromatic N) is 1. The molecule has 13 rings (SSSR count). The van der Waals surface area contributed by atoms with Gasteiger partial charge >= 0.3 is 0 Å². The van der Waals surface area contributed by atoms with Gasteiger partial charge in [0.2, 0.25) is 0 Å². The second-order valence-electron chi connectivity index (χ2n) is 18.4. The Morgan fingerprint density at radius 1 is 0.313 bits per heavy atom. The van der Waals surface area contributed by atoms with Gasteiger partial charge in [-0.1, -0.05) is 214 Å². The summed E-state index contributed by atoms with van der Waals surface area (Å²) < 4.78 is 6.64. The maximum Gasteiger partial charge on any atom is 0.143 e. The van der Waals surface area contributed by atoms with Gasteiger partial charge in [0.1, 0.15) is 11.2 Å². The molecule has 2 nitrogen and oxygen atoms in total. The van der Waals surface area contributed by atoms with Crippen molar-refractivity contribution < 1.29 is 4.42 Å². The van der Waals surface area contributed by atoms with E-state index in [1.54, 1.807) is 0 Å². The van der Waals surface area contributed by atoms with E-state index in [0.29, 0.717) is 0 Å². The Kier molecular flexibility index (Phi) is 8.91. The molecule has 0 radical (unpaired) electrons. The zero-order valence-electron chi connectivity index (χ0n) is 37.4. The van der Waals surface area contributed by atoms with E-state index in [9.17, 15) is 0 Å². The number of anilines is 3. The third kappa shape index (κ3) is 6.25. The van der Waals surface area contributed by atoms with Crippen LogP contribution < -0.4 is 4.90 Å². The molecule has 2 heteroatoms. The average Bonchev–Trinajstić information content (AvgIpc) is 3.88. The number of hydrogen-bond donors (Lipinski definition) is 0. The monoisotopic (exact) mass is 855 g/mol. The highest BCUT2D eigenvalue weighted by molar-refractivity contribution is 6.15. The topological polar surface area (TPSA) is 16.4 Å². The van der Waals surface area contributed by atoms with Crippen LogP contribution in [-0.4, -0.2) is 0 Å². The largest absolute Gasteiger partial charge is 0.455 e. The molecule has 67 heavy (non-hydrogen) atoms. The van der Waals surface area contributed by atoms with Crippen molar-refractivity contribution in [1.82, 2.24) is 0 Å². The molecule has 1 aromatic heterocycles. The van der Waals surface area contributed by atoms with Gasteiger partial charge in [0.05, 0.1) is 11.4 Å². The molecule has 0 unspecified atom stereocenters. The lowest BCUT2D eigenvalue weighted by Crippen LogP contribution is -2.17. The average molecular weight is 856 g/mol. The summed E-state index contributed by atoms with van der Waals surface area (Å²) in [4.78, 5) is 2.51. The van der Waals surface area contributed by atoms with E-state index in [-0.39, 0.29) is 5.41 Å². The van der Waals surface area contributed by atoms with E-state index in [1.807, 2.05) is 6.07 Å². The first-order valence-electron chi connectivity index (χ1n) is 23.2. The molecule has 0 fully saturated rings. The van der Waals surface area contributed by atoms with Gasteiger partial charge in [-0.05, 0) is 108 Å². The maximum atomic E-state index is 6.64.